The molecule has 0 aliphatic rings. The summed E-state index contributed by atoms with van der Waals surface area (Å²) in [6, 6.07) is 4.55. The molecular formula is C10H15N3O2. The lowest BCUT2D eigenvalue weighted by atomic mass is 10.0. The van der Waals surface area contributed by atoms with E-state index in [1.807, 2.05) is 0 Å². The lowest BCUT2D eigenvalue weighted by molar-refractivity contribution is -0.139. The Hall–Kier alpha value is -1.75. The van der Waals surface area contributed by atoms with Crippen molar-refractivity contribution in [2.45, 2.75) is 12.5 Å². The Balaban J connectivity index is 2.80. The highest BCUT2D eigenvalue weighted by Crippen LogP contribution is 2.17. The number of carbonyl (C=O) groups is 1. The first-order valence-corrected chi connectivity index (χ1v) is 4.58. The van der Waals surface area contributed by atoms with E-state index >= 15 is 0 Å². The Kier molecular flexibility index (Phi) is 3.51. The van der Waals surface area contributed by atoms with Crippen LogP contribution in [-0.2, 0) is 11.2 Å². The van der Waals surface area contributed by atoms with Crippen molar-refractivity contribution in [3.05, 3.63) is 23.8 Å². The summed E-state index contributed by atoms with van der Waals surface area (Å²) in [5, 5.41) is 11.6. The van der Waals surface area contributed by atoms with E-state index < -0.39 is 12.0 Å². The van der Waals surface area contributed by atoms with Gasteiger partial charge in [-0.1, -0.05) is 6.07 Å². The molecule has 0 aliphatic heterocycles. The zero-order valence-corrected chi connectivity index (χ0v) is 8.53. The van der Waals surface area contributed by atoms with Gasteiger partial charge in [-0.05, 0) is 31.2 Å². The Morgan fingerprint density at radius 1 is 1.47 bits per heavy atom. The van der Waals surface area contributed by atoms with E-state index in [2.05, 4.69) is 5.32 Å². The molecular weight excluding hydrogens is 194 g/mol. The number of benzene rings is 1. The van der Waals surface area contributed by atoms with Gasteiger partial charge in [0.1, 0.15) is 6.04 Å². The molecule has 0 saturated heterocycles. The summed E-state index contributed by atoms with van der Waals surface area (Å²) < 4.78 is 0. The molecule has 0 heterocycles. The van der Waals surface area contributed by atoms with E-state index in [4.69, 9.17) is 16.6 Å². The van der Waals surface area contributed by atoms with Crippen LogP contribution in [0.15, 0.2) is 18.2 Å². The molecule has 5 heteroatoms. The molecule has 5 nitrogen and oxygen atoms in total. The van der Waals surface area contributed by atoms with E-state index in [1.54, 1.807) is 25.2 Å². The number of rotatable bonds is 4. The molecule has 1 aromatic carbocycles. The number of nitrogens with one attached hydrogen (secondary N) is 1. The van der Waals surface area contributed by atoms with Gasteiger partial charge < -0.3 is 21.9 Å². The van der Waals surface area contributed by atoms with Crippen molar-refractivity contribution in [3.8, 4) is 0 Å². The number of carboxylic acid groups (broad SMARTS) is 1. The number of hydrogen-bond donors (Lipinski definition) is 4. The SMILES string of the molecule is CNC(Cc1ccc(N)c(N)c1)C(=O)O. The average Bonchev–Trinajstić information content (AvgIpc) is 2.19. The molecule has 0 amide bonds. The summed E-state index contributed by atoms with van der Waals surface area (Å²) in [5.41, 5.74) is 13.0. The molecule has 0 aromatic heterocycles. The Morgan fingerprint density at radius 2 is 2.13 bits per heavy atom. The molecule has 6 N–H and O–H groups in total. The number of nitrogen functional groups attached to an aromatic ring is 2. The molecule has 15 heavy (non-hydrogen) atoms. The Bertz CT molecular complexity index is 366. The van der Waals surface area contributed by atoms with Crippen LogP contribution in [0.3, 0.4) is 0 Å². The highest BCUT2D eigenvalue weighted by Gasteiger charge is 2.15. The molecule has 82 valence electrons. The van der Waals surface area contributed by atoms with Gasteiger partial charge in [-0.2, -0.15) is 0 Å². The Morgan fingerprint density at radius 3 is 2.60 bits per heavy atom. The first-order chi connectivity index (χ1) is 7.04. The van der Waals surface area contributed by atoms with Crippen LogP contribution in [0.2, 0.25) is 0 Å². The van der Waals surface area contributed by atoms with Crippen LogP contribution in [0.25, 0.3) is 0 Å². The summed E-state index contributed by atoms with van der Waals surface area (Å²) in [6.45, 7) is 0. The van der Waals surface area contributed by atoms with Gasteiger partial charge >= 0.3 is 5.97 Å². The predicted octanol–water partition coefficient (Wildman–Crippen LogP) is 0.0661. The van der Waals surface area contributed by atoms with Crippen LogP contribution < -0.4 is 16.8 Å². The second kappa shape index (κ2) is 4.65. The molecule has 1 aromatic rings. The van der Waals surface area contributed by atoms with Crippen molar-refractivity contribution in [2.24, 2.45) is 0 Å². The second-order valence-corrected chi connectivity index (χ2v) is 3.35. The van der Waals surface area contributed by atoms with Crippen molar-refractivity contribution >= 4 is 17.3 Å². The van der Waals surface area contributed by atoms with E-state index in [0.717, 1.165) is 5.56 Å². The highest BCUT2D eigenvalue weighted by molar-refractivity contribution is 5.74. The maximum atomic E-state index is 10.8. The molecule has 0 radical (unpaired) electrons. The maximum Gasteiger partial charge on any atom is 0.321 e. The standard InChI is InChI=1S/C10H15N3O2/c1-13-9(10(14)15)5-6-2-3-7(11)8(12)4-6/h2-4,9,13H,5,11-12H2,1H3,(H,14,15). The third-order valence-corrected chi connectivity index (χ3v) is 2.24. The van der Waals surface area contributed by atoms with Crippen LogP contribution >= 0.6 is 0 Å². The van der Waals surface area contributed by atoms with E-state index in [1.165, 1.54) is 0 Å². The number of carboxylic acids is 1. The van der Waals surface area contributed by atoms with Crippen LogP contribution in [-0.4, -0.2) is 24.2 Å². The van der Waals surface area contributed by atoms with Gasteiger partial charge in [0.15, 0.2) is 0 Å². The van der Waals surface area contributed by atoms with Crippen LogP contribution in [0, 0.1) is 0 Å². The van der Waals surface area contributed by atoms with Crippen molar-refractivity contribution in [1.29, 1.82) is 0 Å². The lowest BCUT2D eigenvalue weighted by Crippen LogP contribution is -2.35. The van der Waals surface area contributed by atoms with Gasteiger partial charge in [0.05, 0.1) is 11.4 Å². The largest absolute Gasteiger partial charge is 0.480 e. The molecule has 0 saturated carbocycles. The molecule has 1 atom stereocenters. The summed E-state index contributed by atoms with van der Waals surface area (Å²) in [5.74, 6) is -0.882. The normalized spacial score (nSPS) is 12.3. The van der Waals surface area contributed by atoms with Crippen molar-refractivity contribution < 1.29 is 9.90 Å². The fourth-order valence-electron chi connectivity index (χ4n) is 1.30. The minimum Gasteiger partial charge on any atom is -0.480 e. The molecule has 1 rings (SSSR count). The second-order valence-electron chi connectivity index (χ2n) is 3.35. The summed E-state index contributed by atoms with van der Waals surface area (Å²) in [4.78, 5) is 10.8. The molecule has 0 spiro atoms. The fraction of sp³-hybridized carbons (Fsp3) is 0.300. The van der Waals surface area contributed by atoms with Gasteiger partial charge in [0.2, 0.25) is 0 Å². The average molecular weight is 209 g/mol. The number of anilines is 2. The number of likely N-dealkylation sites (N-methyl/N-ethyl adjacent to an activating group) is 1. The smallest absolute Gasteiger partial charge is 0.321 e. The first-order valence-electron chi connectivity index (χ1n) is 4.58. The van der Waals surface area contributed by atoms with Crippen LogP contribution in [0.4, 0.5) is 11.4 Å². The third-order valence-electron chi connectivity index (χ3n) is 2.24. The molecule has 0 fully saturated rings. The highest BCUT2D eigenvalue weighted by atomic mass is 16.4. The van der Waals surface area contributed by atoms with E-state index in [9.17, 15) is 4.79 Å². The van der Waals surface area contributed by atoms with Gasteiger partial charge in [0, 0.05) is 0 Å². The zero-order valence-electron chi connectivity index (χ0n) is 8.53. The Labute approximate surface area is 88.1 Å². The molecule has 1 unspecified atom stereocenters. The van der Waals surface area contributed by atoms with Gasteiger partial charge in [-0.3, -0.25) is 4.79 Å². The van der Waals surface area contributed by atoms with Crippen LogP contribution in [0.5, 0.6) is 0 Å². The lowest BCUT2D eigenvalue weighted by Gasteiger charge is -2.11. The van der Waals surface area contributed by atoms with Gasteiger partial charge in [0.25, 0.3) is 0 Å². The summed E-state index contributed by atoms with van der Waals surface area (Å²) in [7, 11) is 1.61. The maximum absolute atomic E-state index is 10.8. The quantitative estimate of drug-likeness (QED) is 0.525. The summed E-state index contributed by atoms with van der Waals surface area (Å²) >= 11 is 0. The van der Waals surface area contributed by atoms with Crippen molar-refractivity contribution in [1.82, 2.24) is 5.32 Å². The van der Waals surface area contributed by atoms with Crippen molar-refractivity contribution in [2.75, 3.05) is 18.5 Å². The predicted molar refractivity (Wildman–Crippen MR) is 59.5 cm³/mol. The summed E-state index contributed by atoms with van der Waals surface area (Å²) in [6.07, 6.45) is 0.385. The topological polar surface area (TPSA) is 101 Å². The number of nitrogens with two attached hydrogens (primary N) is 2. The molecule has 0 bridgehead atoms. The van der Waals surface area contributed by atoms with E-state index in [0.29, 0.717) is 17.8 Å². The number of aliphatic carboxylic acids is 1. The van der Waals surface area contributed by atoms with E-state index in [-0.39, 0.29) is 0 Å². The first kappa shape index (κ1) is 11.3. The van der Waals surface area contributed by atoms with Gasteiger partial charge in [-0.15, -0.1) is 0 Å². The van der Waals surface area contributed by atoms with Gasteiger partial charge in [-0.25, -0.2) is 0 Å². The fourth-order valence-corrected chi connectivity index (χ4v) is 1.30. The third kappa shape index (κ3) is 2.85. The zero-order chi connectivity index (χ0) is 11.4. The number of hydrogen-bond acceptors (Lipinski definition) is 4. The minimum absolute atomic E-state index is 0.385. The van der Waals surface area contributed by atoms with Crippen LogP contribution in [0.1, 0.15) is 5.56 Å². The minimum atomic E-state index is -0.882. The van der Waals surface area contributed by atoms with Crippen molar-refractivity contribution in [3.63, 3.8) is 0 Å². The monoisotopic (exact) mass is 209 g/mol. The molecule has 0 aliphatic carbocycles.